The van der Waals surface area contributed by atoms with Crippen LogP contribution in [0.3, 0.4) is 0 Å². The van der Waals surface area contributed by atoms with Gasteiger partial charge in [0.2, 0.25) is 0 Å². The van der Waals surface area contributed by atoms with Gasteiger partial charge in [-0.2, -0.15) is 0 Å². The number of hydrogen-bond donors (Lipinski definition) is 1. The summed E-state index contributed by atoms with van der Waals surface area (Å²) >= 11 is 0. The molecule has 0 aromatic rings. The third kappa shape index (κ3) is 6.57. The molecule has 114 valence electrons. The predicted molar refractivity (Wildman–Crippen MR) is 82.8 cm³/mol. The molecule has 0 unspecified atom stereocenters. The van der Waals surface area contributed by atoms with Crippen LogP contribution in [0.25, 0.3) is 0 Å². The molecule has 0 fully saturated rings. The molecule has 0 bridgehead atoms. The summed E-state index contributed by atoms with van der Waals surface area (Å²) in [7, 11) is -1.63. The lowest BCUT2D eigenvalue weighted by Gasteiger charge is -2.36. The largest absolute Gasteiger partial charge is 0.461 e. The molecule has 0 saturated carbocycles. The van der Waals surface area contributed by atoms with Gasteiger partial charge in [-0.05, 0) is 26.2 Å². The zero-order chi connectivity index (χ0) is 15.6. The topological polar surface area (TPSA) is 46.5 Å². The molecule has 0 rings (SSSR count). The summed E-state index contributed by atoms with van der Waals surface area (Å²) < 4.78 is 5.67. The molecule has 0 aliphatic rings. The highest BCUT2D eigenvalue weighted by atomic mass is 28.3. The standard InChI is InChI=1S/C15H32O3Si/c1-14(2,3)11(10-12(16)19(7,8)9)18-13(17)15(4,5)6/h11-12,16H,10H2,1-9H3/t11-,12+/m0/s1. The quantitative estimate of drug-likeness (QED) is 0.635. The molecule has 0 heterocycles. The number of esters is 1. The summed E-state index contributed by atoms with van der Waals surface area (Å²) in [5.41, 5.74) is -1.03. The summed E-state index contributed by atoms with van der Waals surface area (Å²) in [6, 6.07) is 0. The van der Waals surface area contributed by atoms with Crippen molar-refractivity contribution in [2.24, 2.45) is 10.8 Å². The van der Waals surface area contributed by atoms with Gasteiger partial charge in [0, 0.05) is 12.1 Å². The van der Waals surface area contributed by atoms with E-state index in [1.807, 2.05) is 41.5 Å². The Morgan fingerprint density at radius 3 is 1.79 bits per heavy atom. The van der Waals surface area contributed by atoms with Gasteiger partial charge >= 0.3 is 5.97 Å². The maximum absolute atomic E-state index is 12.1. The van der Waals surface area contributed by atoms with Gasteiger partial charge in [0.1, 0.15) is 6.10 Å². The number of hydrogen-bond acceptors (Lipinski definition) is 3. The SMILES string of the molecule is CC(C)(C)C(=O)O[C@@H](C[C@H](O)[Si](C)(C)C)C(C)(C)C. The van der Waals surface area contributed by atoms with Crippen LogP contribution in [-0.2, 0) is 9.53 Å². The monoisotopic (exact) mass is 288 g/mol. The van der Waals surface area contributed by atoms with Crippen molar-refractivity contribution in [3.8, 4) is 0 Å². The van der Waals surface area contributed by atoms with Crippen molar-refractivity contribution >= 4 is 14.0 Å². The molecule has 0 radical (unpaired) electrons. The van der Waals surface area contributed by atoms with E-state index in [0.29, 0.717) is 6.42 Å². The van der Waals surface area contributed by atoms with Gasteiger partial charge in [-0.25, -0.2) is 0 Å². The first-order valence-corrected chi connectivity index (χ1v) is 10.6. The Morgan fingerprint density at radius 1 is 1.11 bits per heavy atom. The zero-order valence-electron chi connectivity index (χ0n) is 14.1. The third-order valence-corrected chi connectivity index (χ3v) is 5.50. The van der Waals surface area contributed by atoms with Crippen LogP contribution in [0.1, 0.15) is 48.0 Å². The highest BCUT2D eigenvalue weighted by molar-refractivity contribution is 6.77. The average molecular weight is 289 g/mol. The van der Waals surface area contributed by atoms with Crippen LogP contribution >= 0.6 is 0 Å². The fourth-order valence-corrected chi connectivity index (χ4v) is 2.36. The maximum atomic E-state index is 12.1. The minimum Gasteiger partial charge on any atom is -0.461 e. The van der Waals surface area contributed by atoms with Crippen molar-refractivity contribution in [3.05, 3.63) is 0 Å². The lowest BCUT2D eigenvalue weighted by Crippen LogP contribution is -2.45. The van der Waals surface area contributed by atoms with Crippen LogP contribution in [0, 0.1) is 10.8 Å². The molecule has 0 saturated heterocycles. The molecule has 0 aliphatic heterocycles. The highest BCUT2D eigenvalue weighted by Crippen LogP contribution is 2.30. The van der Waals surface area contributed by atoms with E-state index in [0.717, 1.165) is 0 Å². The number of ether oxygens (including phenoxy) is 1. The van der Waals surface area contributed by atoms with Crippen LogP contribution in [0.5, 0.6) is 0 Å². The maximum Gasteiger partial charge on any atom is 0.311 e. The summed E-state index contributed by atoms with van der Waals surface area (Å²) in [6.07, 6.45) is 0.280. The summed E-state index contributed by atoms with van der Waals surface area (Å²) in [6.45, 7) is 18.1. The van der Waals surface area contributed by atoms with Crippen LogP contribution in [0.15, 0.2) is 0 Å². The van der Waals surface area contributed by atoms with Gasteiger partial charge in [-0.15, -0.1) is 0 Å². The predicted octanol–water partition coefficient (Wildman–Crippen LogP) is 3.62. The first-order valence-electron chi connectivity index (χ1n) is 7.05. The van der Waals surface area contributed by atoms with Crippen LogP contribution in [0.4, 0.5) is 0 Å². The van der Waals surface area contributed by atoms with Gasteiger partial charge < -0.3 is 9.84 Å². The lowest BCUT2D eigenvalue weighted by atomic mass is 9.86. The van der Waals surface area contributed by atoms with E-state index in [1.165, 1.54) is 0 Å². The van der Waals surface area contributed by atoms with Gasteiger partial charge in [-0.1, -0.05) is 40.4 Å². The molecule has 19 heavy (non-hydrogen) atoms. The zero-order valence-corrected chi connectivity index (χ0v) is 15.1. The van der Waals surface area contributed by atoms with E-state index < -0.39 is 13.5 Å². The fourth-order valence-electron chi connectivity index (χ4n) is 1.44. The first kappa shape index (κ1) is 18.6. The van der Waals surface area contributed by atoms with Crippen LogP contribution < -0.4 is 0 Å². The molecule has 0 aliphatic carbocycles. The van der Waals surface area contributed by atoms with Crippen molar-refractivity contribution in [2.75, 3.05) is 0 Å². The molecule has 4 heteroatoms. The number of carbonyl (C=O) groups excluding carboxylic acids is 1. The molecule has 0 aromatic heterocycles. The normalized spacial score (nSPS) is 16.9. The molecule has 3 nitrogen and oxygen atoms in total. The van der Waals surface area contributed by atoms with E-state index >= 15 is 0 Å². The van der Waals surface area contributed by atoms with Crippen LogP contribution in [-0.4, -0.2) is 31.0 Å². The van der Waals surface area contributed by atoms with Gasteiger partial charge in [0.15, 0.2) is 0 Å². The molecular weight excluding hydrogens is 256 g/mol. The molecule has 0 spiro atoms. The van der Waals surface area contributed by atoms with E-state index in [9.17, 15) is 9.90 Å². The second-order valence-electron chi connectivity index (χ2n) is 8.63. The Kier molecular flexibility index (Phi) is 5.85. The van der Waals surface area contributed by atoms with Gasteiger partial charge in [0.25, 0.3) is 0 Å². The Balaban J connectivity index is 4.92. The number of aliphatic hydroxyl groups excluding tert-OH is 1. The number of rotatable bonds is 4. The number of carbonyl (C=O) groups is 1. The highest BCUT2D eigenvalue weighted by Gasteiger charge is 2.37. The molecule has 0 amide bonds. The second-order valence-corrected chi connectivity index (χ2v) is 14.0. The van der Waals surface area contributed by atoms with Crippen molar-refractivity contribution < 1.29 is 14.6 Å². The summed E-state index contributed by atoms with van der Waals surface area (Å²) in [4.78, 5) is 12.1. The summed E-state index contributed by atoms with van der Waals surface area (Å²) in [5.74, 6) is -0.199. The molecular formula is C15H32O3Si. The number of aliphatic hydroxyl groups is 1. The lowest BCUT2D eigenvalue weighted by molar-refractivity contribution is -0.165. The fraction of sp³-hybridized carbons (Fsp3) is 0.933. The van der Waals surface area contributed by atoms with Crippen LogP contribution in [0.2, 0.25) is 19.6 Å². The van der Waals surface area contributed by atoms with E-state index in [-0.39, 0.29) is 23.2 Å². The van der Waals surface area contributed by atoms with Crippen molar-refractivity contribution in [1.82, 2.24) is 0 Å². The van der Waals surface area contributed by atoms with E-state index in [2.05, 4.69) is 19.6 Å². The van der Waals surface area contributed by atoms with Gasteiger partial charge in [0.05, 0.1) is 13.5 Å². The first-order chi connectivity index (χ1) is 8.15. The molecule has 2 atom stereocenters. The minimum atomic E-state index is -1.63. The minimum absolute atomic E-state index is 0.165. The third-order valence-electron chi connectivity index (χ3n) is 3.26. The van der Waals surface area contributed by atoms with Crippen molar-refractivity contribution in [3.63, 3.8) is 0 Å². The summed E-state index contributed by atoms with van der Waals surface area (Å²) in [5, 5.41) is 10.3. The van der Waals surface area contributed by atoms with E-state index in [4.69, 9.17) is 4.74 Å². The Hall–Kier alpha value is -0.353. The van der Waals surface area contributed by atoms with Crippen molar-refractivity contribution in [2.45, 2.75) is 79.4 Å². The second kappa shape index (κ2) is 5.96. The Morgan fingerprint density at radius 2 is 1.53 bits per heavy atom. The Labute approximate surface area is 119 Å². The van der Waals surface area contributed by atoms with Gasteiger partial charge in [-0.3, -0.25) is 4.79 Å². The average Bonchev–Trinajstić information content (AvgIpc) is 2.11. The molecule has 0 aromatic carbocycles. The van der Waals surface area contributed by atoms with E-state index in [1.54, 1.807) is 0 Å². The smallest absolute Gasteiger partial charge is 0.311 e. The van der Waals surface area contributed by atoms with Crippen molar-refractivity contribution in [1.29, 1.82) is 0 Å². The Bertz CT molecular complexity index is 305. The molecule has 1 N–H and O–H groups in total.